The van der Waals surface area contributed by atoms with E-state index in [1.165, 1.54) is 28.4 Å². The lowest BCUT2D eigenvalue weighted by Crippen LogP contribution is -2.30. The van der Waals surface area contributed by atoms with Crippen molar-refractivity contribution in [3.8, 4) is 17.2 Å². The van der Waals surface area contributed by atoms with Gasteiger partial charge in [-0.25, -0.2) is 0 Å². The van der Waals surface area contributed by atoms with E-state index in [1.54, 1.807) is 12.1 Å². The summed E-state index contributed by atoms with van der Waals surface area (Å²) in [4.78, 5) is 22.5. The average molecular weight is 311 g/mol. The summed E-state index contributed by atoms with van der Waals surface area (Å²) in [5.74, 6) is -1.51. The molecule has 0 radical (unpaired) electrons. The summed E-state index contributed by atoms with van der Waals surface area (Å²) in [5.41, 5.74) is 0.658. The van der Waals surface area contributed by atoms with Gasteiger partial charge in [0.2, 0.25) is 5.75 Å². The van der Waals surface area contributed by atoms with Crippen molar-refractivity contribution in [2.45, 2.75) is 12.8 Å². The van der Waals surface area contributed by atoms with E-state index in [9.17, 15) is 14.7 Å². The smallest absolute Gasteiger partial charge is 0.309 e. The second-order valence-electron chi connectivity index (χ2n) is 4.53. The van der Waals surface area contributed by atoms with Gasteiger partial charge in [0.25, 0.3) is 0 Å². The SMILES string of the molecule is COC(=O)C(CC(=O)[O-])Cc1cc(OC)c(OC)c(OC)c1. The number of carboxylic acid groups (broad SMARTS) is 1. The van der Waals surface area contributed by atoms with Crippen molar-refractivity contribution >= 4 is 11.9 Å². The van der Waals surface area contributed by atoms with Crippen LogP contribution in [0.5, 0.6) is 17.2 Å². The minimum atomic E-state index is -1.32. The van der Waals surface area contributed by atoms with E-state index in [0.717, 1.165) is 0 Å². The monoisotopic (exact) mass is 311 g/mol. The molecule has 1 aromatic carbocycles. The quantitative estimate of drug-likeness (QED) is 0.632. The lowest BCUT2D eigenvalue weighted by molar-refractivity contribution is -0.306. The summed E-state index contributed by atoms with van der Waals surface area (Å²) in [6.45, 7) is 0. The molecule has 0 saturated carbocycles. The normalized spacial score (nSPS) is 11.5. The van der Waals surface area contributed by atoms with Gasteiger partial charge in [-0.3, -0.25) is 4.79 Å². The van der Waals surface area contributed by atoms with Gasteiger partial charge in [0, 0.05) is 12.4 Å². The highest BCUT2D eigenvalue weighted by atomic mass is 16.5. The lowest BCUT2D eigenvalue weighted by Gasteiger charge is -2.18. The first kappa shape index (κ1) is 17.6. The third kappa shape index (κ3) is 4.28. The van der Waals surface area contributed by atoms with Crippen LogP contribution in [0.2, 0.25) is 0 Å². The zero-order valence-corrected chi connectivity index (χ0v) is 13.0. The Labute approximate surface area is 128 Å². The van der Waals surface area contributed by atoms with E-state index in [0.29, 0.717) is 22.8 Å². The Hall–Kier alpha value is -2.44. The second kappa shape index (κ2) is 8.11. The number of hydrogen-bond acceptors (Lipinski definition) is 7. The molecule has 1 rings (SSSR count). The molecule has 0 aliphatic rings. The van der Waals surface area contributed by atoms with Crippen molar-refractivity contribution in [2.75, 3.05) is 28.4 Å². The fourth-order valence-corrected chi connectivity index (χ4v) is 2.14. The fraction of sp³-hybridized carbons (Fsp3) is 0.467. The standard InChI is InChI=1S/C15H20O7/c1-19-11-6-9(7-12(20-2)14(11)21-3)5-10(8-13(16)17)15(18)22-4/h6-7,10H,5,8H2,1-4H3,(H,16,17)/p-1. The molecule has 0 aromatic heterocycles. The Morgan fingerprint density at radius 3 is 1.95 bits per heavy atom. The molecule has 7 nitrogen and oxygen atoms in total. The Kier molecular flexibility index (Phi) is 6.49. The van der Waals surface area contributed by atoms with E-state index in [4.69, 9.17) is 14.2 Å². The molecular weight excluding hydrogens is 292 g/mol. The van der Waals surface area contributed by atoms with Crippen LogP contribution in [0.4, 0.5) is 0 Å². The maximum Gasteiger partial charge on any atom is 0.309 e. The number of benzene rings is 1. The summed E-state index contributed by atoms with van der Waals surface area (Å²) in [6, 6.07) is 3.32. The van der Waals surface area contributed by atoms with Crippen molar-refractivity contribution in [2.24, 2.45) is 5.92 Å². The highest BCUT2D eigenvalue weighted by Gasteiger charge is 2.22. The van der Waals surface area contributed by atoms with Crippen molar-refractivity contribution < 1.29 is 33.6 Å². The number of aliphatic carboxylic acids is 1. The van der Waals surface area contributed by atoms with Crippen molar-refractivity contribution in [3.63, 3.8) is 0 Å². The van der Waals surface area contributed by atoms with Crippen LogP contribution in [-0.4, -0.2) is 40.4 Å². The van der Waals surface area contributed by atoms with Crippen LogP contribution in [0.15, 0.2) is 12.1 Å². The molecule has 0 bridgehead atoms. The third-order valence-corrected chi connectivity index (χ3v) is 3.15. The summed E-state index contributed by atoms with van der Waals surface area (Å²) in [5, 5.41) is 10.8. The molecule has 0 amide bonds. The predicted molar refractivity (Wildman–Crippen MR) is 74.9 cm³/mol. The molecule has 7 heteroatoms. The number of hydrogen-bond donors (Lipinski definition) is 0. The second-order valence-corrected chi connectivity index (χ2v) is 4.53. The maximum absolute atomic E-state index is 11.7. The molecular formula is C15H19O7-. The molecule has 1 aromatic rings. The van der Waals surface area contributed by atoms with Gasteiger partial charge in [0.1, 0.15) is 0 Å². The summed E-state index contributed by atoms with van der Waals surface area (Å²) in [7, 11) is 5.63. The number of esters is 1. The Morgan fingerprint density at radius 1 is 1.05 bits per heavy atom. The van der Waals surface area contributed by atoms with Crippen LogP contribution in [0.3, 0.4) is 0 Å². The molecule has 1 unspecified atom stereocenters. The molecule has 0 saturated heterocycles. The molecule has 122 valence electrons. The number of carbonyl (C=O) groups is 2. The molecule has 0 fully saturated rings. The lowest BCUT2D eigenvalue weighted by atomic mass is 9.95. The van der Waals surface area contributed by atoms with Gasteiger partial charge in [-0.2, -0.15) is 0 Å². The van der Waals surface area contributed by atoms with E-state index in [-0.39, 0.29) is 6.42 Å². The van der Waals surface area contributed by atoms with Crippen LogP contribution >= 0.6 is 0 Å². The largest absolute Gasteiger partial charge is 0.550 e. The molecule has 1 atom stereocenters. The van der Waals surface area contributed by atoms with Crippen molar-refractivity contribution in [1.82, 2.24) is 0 Å². The molecule has 0 aliphatic heterocycles. The minimum absolute atomic E-state index is 0.150. The zero-order chi connectivity index (χ0) is 16.7. The molecule has 0 aliphatic carbocycles. The van der Waals surface area contributed by atoms with Crippen molar-refractivity contribution in [1.29, 1.82) is 0 Å². The first-order valence-electron chi connectivity index (χ1n) is 6.53. The van der Waals surface area contributed by atoms with Gasteiger partial charge < -0.3 is 28.8 Å². The zero-order valence-electron chi connectivity index (χ0n) is 13.0. The molecule has 22 heavy (non-hydrogen) atoms. The minimum Gasteiger partial charge on any atom is -0.550 e. The van der Waals surface area contributed by atoms with Gasteiger partial charge in [0.05, 0.1) is 34.4 Å². The van der Waals surface area contributed by atoms with Gasteiger partial charge in [-0.1, -0.05) is 0 Å². The number of carbonyl (C=O) groups excluding carboxylic acids is 2. The number of rotatable bonds is 8. The Bertz CT molecular complexity index is 514. The first-order chi connectivity index (χ1) is 10.5. The van der Waals surface area contributed by atoms with E-state index in [2.05, 4.69) is 4.74 Å². The highest BCUT2D eigenvalue weighted by Crippen LogP contribution is 2.38. The van der Waals surface area contributed by atoms with Gasteiger partial charge in [-0.15, -0.1) is 0 Å². The van der Waals surface area contributed by atoms with Gasteiger partial charge >= 0.3 is 5.97 Å². The predicted octanol–water partition coefficient (Wildman–Crippen LogP) is 0.184. The van der Waals surface area contributed by atoms with Crippen LogP contribution in [0.1, 0.15) is 12.0 Å². The number of ether oxygens (including phenoxy) is 4. The summed E-state index contributed by atoms with van der Waals surface area (Å²) >= 11 is 0. The van der Waals surface area contributed by atoms with E-state index in [1.807, 2.05) is 0 Å². The van der Waals surface area contributed by atoms with Crippen LogP contribution < -0.4 is 19.3 Å². The van der Waals surface area contributed by atoms with E-state index < -0.39 is 24.3 Å². The molecule has 0 N–H and O–H groups in total. The molecule has 0 spiro atoms. The third-order valence-electron chi connectivity index (χ3n) is 3.15. The van der Waals surface area contributed by atoms with Crippen LogP contribution in [-0.2, 0) is 20.7 Å². The van der Waals surface area contributed by atoms with Gasteiger partial charge in [-0.05, 0) is 24.1 Å². The number of carboxylic acids is 1. The van der Waals surface area contributed by atoms with Gasteiger partial charge in [0.15, 0.2) is 11.5 Å². The topological polar surface area (TPSA) is 94.1 Å². The Morgan fingerprint density at radius 2 is 1.59 bits per heavy atom. The molecule has 0 heterocycles. The maximum atomic E-state index is 11.7. The summed E-state index contributed by atoms with van der Waals surface area (Å²) in [6.07, 6.45) is -0.277. The highest BCUT2D eigenvalue weighted by molar-refractivity contribution is 5.78. The van der Waals surface area contributed by atoms with Crippen molar-refractivity contribution in [3.05, 3.63) is 17.7 Å². The summed E-state index contributed by atoms with van der Waals surface area (Å²) < 4.78 is 20.3. The van der Waals surface area contributed by atoms with E-state index >= 15 is 0 Å². The number of methoxy groups -OCH3 is 4. The first-order valence-corrected chi connectivity index (χ1v) is 6.53. The van der Waals surface area contributed by atoms with Crippen LogP contribution in [0, 0.1) is 5.92 Å². The average Bonchev–Trinajstić information content (AvgIpc) is 2.51. The Balaban J connectivity index is 3.13. The van der Waals surface area contributed by atoms with Crippen LogP contribution in [0.25, 0.3) is 0 Å². The fourth-order valence-electron chi connectivity index (χ4n) is 2.14.